The number of aryl methyl sites for hydroxylation is 1. The molecule has 2 fully saturated rings. The van der Waals surface area contributed by atoms with Gasteiger partial charge in [-0.05, 0) is 31.0 Å². The van der Waals surface area contributed by atoms with Crippen LogP contribution in [-0.2, 0) is 9.47 Å². The number of anilines is 4. The van der Waals surface area contributed by atoms with Crippen molar-refractivity contribution >= 4 is 34.7 Å². The highest BCUT2D eigenvalue weighted by Gasteiger charge is 2.30. The van der Waals surface area contributed by atoms with Crippen molar-refractivity contribution in [2.75, 3.05) is 61.2 Å². The SMILES string of the molecule is Cc1cc2nc(n1)Nc1cc(c(Cl)cc1N1CCOCC1)C1COCCCN21. The summed E-state index contributed by atoms with van der Waals surface area (Å²) in [5.41, 5.74) is 4.03. The van der Waals surface area contributed by atoms with Gasteiger partial charge < -0.3 is 24.6 Å². The summed E-state index contributed by atoms with van der Waals surface area (Å²) in [5.74, 6) is 1.53. The number of ether oxygens (including phenoxy) is 2. The predicted octanol–water partition coefficient (Wildman–Crippen LogP) is 3.30. The smallest absolute Gasteiger partial charge is 0.229 e. The van der Waals surface area contributed by atoms with E-state index in [-0.39, 0.29) is 6.04 Å². The van der Waals surface area contributed by atoms with Crippen molar-refractivity contribution in [1.29, 1.82) is 0 Å². The Balaban J connectivity index is 1.68. The van der Waals surface area contributed by atoms with Gasteiger partial charge in [-0.15, -0.1) is 0 Å². The molecule has 1 atom stereocenters. The minimum atomic E-state index is 0.0227. The molecule has 1 aromatic heterocycles. The molecular weight excluding hydrogens is 378 g/mol. The first-order chi connectivity index (χ1) is 13.7. The van der Waals surface area contributed by atoms with Crippen LogP contribution in [0.15, 0.2) is 18.2 Å². The molecule has 5 rings (SSSR count). The molecule has 4 heterocycles. The van der Waals surface area contributed by atoms with E-state index in [9.17, 15) is 0 Å². The molecular formula is C20H24ClN5O2. The van der Waals surface area contributed by atoms with E-state index in [1.165, 1.54) is 0 Å². The van der Waals surface area contributed by atoms with E-state index in [1.807, 2.05) is 13.0 Å². The highest BCUT2D eigenvalue weighted by atomic mass is 35.5. The Hall–Kier alpha value is -2.09. The molecule has 2 aromatic rings. The van der Waals surface area contributed by atoms with Gasteiger partial charge in [-0.1, -0.05) is 11.6 Å². The quantitative estimate of drug-likeness (QED) is 0.786. The molecule has 0 saturated carbocycles. The zero-order valence-electron chi connectivity index (χ0n) is 15.9. The maximum absolute atomic E-state index is 6.83. The van der Waals surface area contributed by atoms with Gasteiger partial charge in [-0.3, -0.25) is 0 Å². The van der Waals surface area contributed by atoms with Gasteiger partial charge in [0.2, 0.25) is 5.95 Å². The van der Waals surface area contributed by atoms with E-state index in [1.54, 1.807) is 0 Å². The number of hydrogen-bond donors (Lipinski definition) is 1. The van der Waals surface area contributed by atoms with Gasteiger partial charge in [0, 0.05) is 43.0 Å². The van der Waals surface area contributed by atoms with E-state index in [4.69, 9.17) is 26.1 Å². The average molecular weight is 402 g/mol. The van der Waals surface area contributed by atoms with Crippen LogP contribution in [0.25, 0.3) is 0 Å². The summed E-state index contributed by atoms with van der Waals surface area (Å²) in [6.45, 7) is 7.32. The van der Waals surface area contributed by atoms with E-state index >= 15 is 0 Å². The molecule has 1 aromatic carbocycles. The Kier molecular flexibility index (Phi) is 4.74. The summed E-state index contributed by atoms with van der Waals surface area (Å²) in [6, 6.07) is 6.27. The van der Waals surface area contributed by atoms with Gasteiger partial charge in [-0.2, -0.15) is 4.98 Å². The topological polar surface area (TPSA) is 62.8 Å². The molecule has 0 aliphatic carbocycles. The lowest BCUT2D eigenvalue weighted by atomic mass is 10.0. The van der Waals surface area contributed by atoms with Crippen molar-refractivity contribution in [3.05, 3.63) is 34.5 Å². The van der Waals surface area contributed by atoms with Crippen molar-refractivity contribution in [3.63, 3.8) is 0 Å². The predicted molar refractivity (Wildman–Crippen MR) is 110 cm³/mol. The van der Waals surface area contributed by atoms with E-state index in [2.05, 4.69) is 32.2 Å². The van der Waals surface area contributed by atoms with Crippen LogP contribution in [0, 0.1) is 6.92 Å². The highest BCUT2D eigenvalue weighted by molar-refractivity contribution is 6.32. The number of halogens is 1. The summed E-state index contributed by atoms with van der Waals surface area (Å²) in [6.07, 6.45) is 0.957. The Morgan fingerprint density at radius 3 is 2.79 bits per heavy atom. The van der Waals surface area contributed by atoms with Crippen LogP contribution in [0.1, 0.15) is 23.7 Å². The van der Waals surface area contributed by atoms with Crippen LogP contribution >= 0.6 is 11.6 Å². The molecule has 0 amide bonds. The average Bonchev–Trinajstić information content (AvgIpc) is 2.93. The summed E-state index contributed by atoms with van der Waals surface area (Å²) < 4.78 is 11.4. The molecule has 3 aliphatic rings. The summed E-state index contributed by atoms with van der Waals surface area (Å²) >= 11 is 6.83. The first-order valence-electron chi connectivity index (χ1n) is 9.82. The first-order valence-corrected chi connectivity index (χ1v) is 10.2. The third-order valence-corrected chi connectivity index (χ3v) is 5.87. The number of nitrogens with one attached hydrogen (secondary N) is 1. The first kappa shape index (κ1) is 18.0. The minimum Gasteiger partial charge on any atom is -0.379 e. The summed E-state index contributed by atoms with van der Waals surface area (Å²) in [7, 11) is 0. The van der Waals surface area contributed by atoms with Crippen molar-refractivity contribution in [1.82, 2.24) is 9.97 Å². The van der Waals surface area contributed by atoms with Crippen molar-refractivity contribution in [3.8, 4) is 0 Å². The molecule has 2 saturated heterocycles. The Morgan fingerprint density at radius 2 is 1.93 bits per heavy atom. The fourth-order valence-corrected chi connectivity index (χ4v) is 4.47. The lowest BCUT2D eigenvalue weighted by molar-refractivity contribution is 0.123. The molecule has 1 unspecified atom stereocenters. The second-order valence-corrected chi connectivity index (χ2v) is 7.85. The van der Waals surface area contributed by atoms with Gasteiger partial charge in [0.25, 0.3) is 0 Å². The lowest BCUT2D eigenvalue weighted by Gasteiger charge is -2.33. The largest absolute Gasteiger partial charge is 0.379 e. The van der Waals surface area contributed by atoms with Gasteiger partial charge in [-0.25, -0.2) is 4.98 Å². The molecule has 7 nitrogen and oxygen atoms in total. The monoisotopic (exact) mass is 401 g/mol. The van der Waals surface area contributed by atoms with Crippen LogP contribution in [0.4, 0.5) is 23.1 Å². The van der Waals surface area contributed by atoms with E-state index in [0.29, 0.717) is 25.8 Å². The second-order valence-electron chi connectivity index (χ2n) is 7.44. The van der Waals surface area contributed by atoms with Crippen LogP contribution < -0.4 is 15.1 Å². The number of nitrogens with zero attached hydrogens (tertiary/aromatic N) is 4. The maximum Gasteiger partial charge on any atom is 0.229 e. The van der Waals surface area contributed by atoms with Crippen molar-refractivity contribution in [2.24, 2.45) is 0 Å². The van der Waals surface area contributed by atoms with Crippen LogP contribution in [0.2, 0.25) is 5.02 Å². The third kappa shape index (κ3) is 3.27. The normalized spacial score (nSPS) is 21.7. The molecule has 0 radical (unpaired) electrons. The van der Waals surface area contributed by atoms with Gasteiger partial charge in [0.05, 0.1) is 37.2 Å². The van der Waals surface area contributed by atoms with E-state index in [0.717, 1.165) is 66.1 Å². The number of aromatic nitrogens is 2. The number of fused-ring (bicyclic) bond motifs is 7. The van der Waals surface area contributed by atoms with Crippen molar-refractivity contribution in [2.45, 2.75) is 19.4 Å². The second kappa shape index (κ2) is 7.39. The number of hydrogen-bond acceptors (Lipinski definition) is 7. The number of morpholine rings is 1. The maximum atomic E-state index is 6.83. The van der Waals surface area contributed by atoms with E-state index < -0.39 is 0 Å². The molecule has 28 heavy (non-hydrogen) atoms. The number of rotatable bonds is 1. The lowest BCUT2D eigenvalue weighted by Crippen LogP contribution is -2.36. The molecule has 4 bridgehead atoms. The third-order valence-electron chi connectivity index (χ3n) is 5.55. The zero-order valence-corrected chi connectivity index (χ0v) is 16.7. The Morgan fingerprint density at radius 1 is 1.07 bits per heavy atom. The fourth-order valence-electron chi connectivity index (χ4n) is 4.19. The molecule has 3 aliphatic heterocycles. The molecule has 8 heteroatoms. The Labute approximate surface area is 169 Å². The molecule has 148 valence electrons. The van der Waals surface area contributed by atoms with Crippen LogP contribution in [-0.4, -0.2) is 56.0 Å². The highest BCUT2D eigenvalue weighted by Crippen LogP contribution is 2.41. The molecule has 0 spiro atoms. The fraction of sp³-hybridized carbons (Fsp3) is 0.500. The van der Waals surface area contributed by atoms with Crippen LogP contribution in [0.5, 0.6) is 0 Å². The minimum absolute atomic E-state index is 0.0227. The van der Waals surface area contributed by atoms with Gasteiger partial charge >= 0.3 is 0 Å². The zero-order chi connectivity index (χ0) is 19.1. The van der Waals surface area contributed by atoms with Gasteiger partial charge in [0.1, 0.15) is 5.82 Å². The number of benzene rings is 1. The van der Waals surface area contributed by atoms with Crippen LogP contribution in [0.3, 0.4) is 0 Å². The summed E-state index contributed by atoms with van der Waals surface area (Å²) in [5, 5.41) is 4.21. The standard InChI is InChI=1S/C20H24ClN5O2/c1-13-9-19-24-20(22-13)23-16-10-14(18-12-28-6-2-3-26(18)19)15(21)11-17(16)25-4-7-27-8-5-25/h9-11,18H,2-8,12H2,1H3,(H,22,23,24). The van der Waals surface area contributed by atoms with Gasteiger partial charge in [0.15, 0.2) is 0 Å². The summed E-state index contributed by atoms with van der Waals surface area (Å²) in [4.78, 5) is 14.0. The Bertz CT molecular complexity index is 887. The van der Waals surface area contributed by atoms with Crippen molar-refractivity contribution < 1.29 is 9.47 Å². The molecule has 1 N–H and O–H groups in total.